The number of amides is 1. The second-order valence-corrected chi connectivity index (χ2v) is 6.66. The van der Waals surface area contributed by atoms with Crippen molar-refractivity contribution >= 4 is 5.91 Å². The van der Waals surface area contributed by atoms with Crippen molar-refractivity contribution < 1.29 is 9.53 Å². The highest BCUT2D eigenvalue weighted by Gasteiger charge is 2.30. The molecule has 0 saturated heterocycles. The summed E-state index contributed by atoms with van der Waals surface area (Å²) in [5.41, 5.74) is 1.16. The van der Waals surface area contributed by atoms with Crippen molar-refractivity contribution in [2.75, 3.05) is 13.7 Å². The molecule has 8 nitrogen and oxygen atoms in total. The van der Waals surface area contributed by atoms with Gasteiger partial charge in [0.05, 0.1) is 13.7 Å². The number of carbonyl (C=O) groups is 1. The minimum atomic E-state index is -0.221. The van der Waals surface area contributed by atoms with E-state index in [1.165, 1.54) is 4.68 Å². The van der Waals surface area contributed by atoms with E-state index in [4.69, 9.17) is 4.74 Å². The Bertz CT molecular complexity index is 1040. The van der Waals surface area contributed by atoms with E-state index in [1.807, 2.05) is 12.1 Å². The number of nitrogens with one attached hydrogen (secondary N) is 1. The first kappa shape index (κ1) is 18.0. The summed E-state index contributed by atoms with van der Waals surface area (Å²) in [5, 5.41) is 7.32. The molecule has 3 aromatic rings. The molecule has 0 atom stereocenters. The maximum absolute atomic E-state index is 12.8. The molecule has 4 rings (SSSR count). The monoisotopic (exact) mass is 379 g/mol. The Balaban J connectivity index is 1.48. The second kappa shape index (κ2) is 7.67. The molecule has 1 aliphatic rings. The van der Waals surface area contributed by atoms with Gasteiger partial charge in [0.2, 0.25) is 0 Å². The fraction of sp³-hybridized carbons (Fsp3) is 0.300. The summed E-state index contributed by atoms with van der Waals surface area (Å²) in [5.74, 6) is 1.02. The first-order chi connectivity index (χ1) is 13.7. The predicted molar refractivity (Wildman–Crippen MR) is 103 cm³/mol. The molecule has 1 aromatic carbocycles. The number of pyridine rings is 1. The summed E-state index contributed by atoms with van der Waals surface area (Å²) in [7, 11) is 1.56. The summed E-state index contributed by atoms with van der Waals surface area (Å²) in [4.78, 5) is 29.2. The maximum Gasteiger partial charge on any atom is 0.346 e. The fourth-order valence-corrected chi connectivity index (χ4v) is 3.06. The van der Waals surface area contributed by atoms with Crippen LogP contribution in [-0.2, 0) is 6.54 Å². The van der Waals surface area contributed by atoms with Gasteiger partial charge in [-0.05, 0) is 43.2 Å². The molecule has 28 heavy (non-hydrogen) atoms. The van der Waals surface area contributed by atoms with Crippen LogP contribution < -0.4 is 15.7 Å². The summed E-state index contributed by atoms with van der Waals surface area (Å²) in [6, 6.07) is 10.8. The smallest absolute Gasteiger partial charge is 0.346 e. The van der Waals surface area contributed by atoms with E-state index in [0.29, 0.717) is 30.2 Å². The molecule has 8 heteroatoms. The molecule has 0 aliphatic heterocycles. The second-order valence-electron chi connectivity index (χ2n) is 6.66. The molecule has 0 radical (unpaired) electrons. The van der Waals surface area contributed by atoms with Crippen molar-refractivity contribution in [2.24, 2.45) is 0 Å². The number of ether oxygens (including phenoxy) is 1. The molecule has 0 spiro atoms. The first-order valence-corrected chi connectivity index (χ1v) is 9.19. The molecular weight excluding hydrogens is 358 g/mol. The zero-order valence-corrected chi connectivity index (χ0v) is 15.5. The van der Waals surface area contributed by atoms with Crippen molar-refractivity contribution in [1.82, 2.24) is 24.6 Å². The normalized spacial score (nSPS) is 13.3. The number of methoxy groups -OCH3 is 1. The van der Waals surface area contributed by atoms with Crippen LogP contribution in [0.3, 0.4) is 0 Å². The van der Waals surface area contributed by atoms with Gasteiger partial charge in [-0.3, -0.25) is 14.3 Å². The van der Waals surface area contributed by atoms with E-state index >= 15 is 0 Å². The van der Waals surface area contributed by atoms with Gasteiger partial charge in [-0.2, -0.15) is 0 Å². The molecule has 2 aromatic heterocycles. The Morgan fingerprint density at radius 1 is 1.29 bits per heavy atom. The van der Waals surface area contributed by atoms with Gasteiger partial charge >= 0.3 is 5.69 Å². The summed E-state index contributed by atoms with van der Waals surface area (Å²) in [6.07, 6.45) is 5.35. The minimum absolute atomic E-state index is 0.156. The van der Waals surface area contributed by atoms with Crippen LogP contribution in [-0.4, -0.2) is 38.9 Å². The van der Waals surface area contributed by atoms with Crippen LogP contribution in [0.15, 0.2) is 53.6 Å². The van der Waals surface area contributed by atoms with Crippen molar-refractivity contribution in [1.29, 1.82) is 0 Å². The quantitative estimate of drug-likeness (QED) is 0.677. The molecule has 1 saturated carbocycles. The number of nitrogens with zero attached hydrogens (tertiary/aromatic N) is 4. The highest BCUT2D eigenvalue weighted by atomic mass is 16.5. The molecule has 2 heterocycles. The third kappa shape index (κ3) is 3.66. The van der Waals surface area contributed by atoms with Crippen LogP contribution >= 0.6 is 0 Å². The van der Waals surface area contributed by atoms with Crippen molar-refractivity contribution in [3.8, 4) is 17.1 Å². The third-order valence-corrected chi connectivity index (χ3v) is 4.64. The van der Waals surface area contributed by atoms with Gasteiger partial charge < -0.3 is 10.1 Å². The van der Waals surface area contributed by atoms with Crippen LogP contribution in [0.5, 0.6) is 5.75 Å². The molecule has 1 fully saturated rings. The number of hydrogen-bond donors (Lipinski definition) is 1. The van der Waals surface area contributed by atoms with Crippen molar-refractivity contribution in [3.63, 3.8) is 0 Å². The van der Waals surface area contributed by atoms with Crippen LogP contribution in [0, 0.1) is 0 Å². The minimum Gasteiger partial charge on any atom is -0.497 e. The maximum atomic E-state index is 12.8. The molecule has 1 N–H and O–H groups in total. The zero-order valence-electron chi connectivity index (χ0n) is 15.5. The lowest BCUT2D eigenvalue weighted by atomic mass is 10.2. The van der Waals surface area contributed by atoms with Gasteiger partial charge in [0.15, 0.2) is 5.82 Å². The van der Waals surface area contributed by atoms with E-state index < -0.39 is 0 Å². The van der Waals surface area contributed by atoms with E-state index in [2.05, 4.69) is 15.4 Å². The topological polar surface area (TPSA) is 91.0 Å². The summed E-state index contributed by atoms with van der Waals surface area (Å²) >= 11 is 0. The standard InChI is InChI=1S/C20H21N5O3/c1-28-17-6-2-4-14(12-17)19(26)22-10-11-24-20(27)25(16-7-8-16)18(23-24)15-5-3-9-21-13-15/h2-6,9,12-13,16H,7-8,10-11H2,1H3,(H,22,26). The number of carbonyl (C=O) groups excluding carboxylic acids is 1. The van der Waals surface area contributed by atoms with E-state index in [9.17, 15) is 9.59 Å². The van der Waals surface area contributed by atoms with Gasteiger partial charge in [-0.15, -0.1) is 5.10 Å². The zero-order chi connectivity index (χ0) is 19.5. The molecule has 0 bridgehead atoms. The fourth-order valence-electron chi connectivity index (χ4n) is 3.06. The average Bonchev–Trinajstić information content (AvgIpc) is 3.52. The Labute approximate surface area is 161 Å². The van der Waals surface area contributed by atoms with Gasteiger partial charge in [0.25, 0.3) is 5.91 Å². The number of benzene rings is 1. The van der Waals surface area contributed by atoms with Gasteiger partial charge in [-0.1, -0.05) is 6.07 Å². The lowest BCUT2D eigenvalue weighted by molar-refractivity contribution is 0.0951. The van der Waals surface area contributed by atoms with E-state index in [1.54, 1.807) is 48.3 Å². The van der Waals surface area contributed by atoms with Crippen LogP contribution in [0.25, 0.3) is 11.4 Å². The van der Waals surface area contributed by atoms with E-state index in [0.717, 1.165) is 18.4 Å². The molecule has 144 valence electrons. The lowest BCUT2D eigenvalue weighted by Crippen LogP contribution is -2.32. The first-order valence-electron chi connectivity index (χ1n) is 9.19. The highest BCUT2D eigenvalue weighted by Crippen LogP contribution is 2.36. The van der Waals surface area contributed by atoms with Gasteiger partial charge in [0, 0.05) is 36.1 Å². The largest absolute Gasteiger partial charge is 0.497 e. The molecule has 0 unspecified atom stereocenters. The molecule has 1 aliphatic carbocycles. The van der Waals surface area contributed by atoms with Crippen LogP contribution in [0.4, 0.5) is 0 Å². The summed E-state index contributed by atoms with van der Waals surface area (Å²) < 4.78 is 8.28. The highest BCUT2D eigenvalue weighted by molar-refractivity contribution is 5.94. The lowest BCUT2D eigenvalue weighted by Gasteiger charge is -2.06. The van der Waals surface area contributed by atoms with Crippen molar-refractivity contribution in [2.45, 2.75) is 25.4 Å². The van der Waals surface area contributed by atoms with E-state index in [-0.39, 0.29) is 17.6 Å². The Hall–Kier alpha value is -3.42. The third-order valence-electron chi connectivity index (χ3n) is 4.64. The predicted octanol–water partition coefficient (Wildman–Crippen LogP) is 1.88. The average molecular weight is 379 g/mol. The number of hydrogen-bond acceptors (Lipinski definition) is 5. The number of aromatic nitrogens is 4. The van der Waals surface area contributed by atoms with Gasteiger partial charge in [0.1, 0.15) is 5.75 Å². The van der Waals surface area contributed by atoms with Crippen LogP contribution in [0.1, 0.15) is 29.2 Å². The summed E-state index contributed by atoms with van der Waals surface area (Å²) in [6.45, 7) is 0.589. The van der Waals surface area contributed by atoms with Gasteiger partial charge in [-0.25, -0.2) is 9.48 Å². The Morgan fingerprint density at radius 3 is 2.86 bits per heavy atom. The SMILES string of the molecule is COc1cccc(C(=O)NCCn2nc(-c3cccnc3)n(C3CC3)c2=O)c1. The Kier molecular flexibility index (Phi) is 4.92. The molecule has 1 amide bonds. The van der Waals surface area contributed by atoms with Crippen LogP contribution in [0.2, 0.25) is 0 Å². The molecular formula is C20H21N5O3. The van der Waals surface area contributed by atoms with Crippen molar-refractivity contribution in [3.05, 3.63) is 64.8 Å². The Morgan fingerprint density at radius 2 is 2.14 bits per heavy atom. The number of rotatable bonds is 7.